The Morgan fingerprint density at radius 2 is 1.76 bits per heavy atom. The maximum atomic E-state index is 5.99. The van der Waals surface area contributed by atoms with Crippen molar-refractivity contribution in [3.63, 3.8) is 0 Å². The lowest BCUT2D eigenvalue weighted by atomic mass is 9.88. The van der Waals surface area contributed by atoms with Gasteiger partial charge in [0.25, 0.3) is 0 Å². The van der Waals surface area contributed by atoms with E-state index in [1.165, 1.54) is 4.88 Å². The Balaban J connectivity index is 2.14. The van der Waals surface area contributed by atoms with Crippen LogP contribution in [0.1, 0.15) is 32.6 Å². The van der Waals surface area contributed by atoms with Gasteiger partial charge in [0.1, 0.15) is 0 Å². The van der Waals surface area contributed by atoms with Crippen molar-refractivity contribution in [2.24, 2.45) is 0 Å². The molecule has 0 saturated carbocycles. The Labute approximate surface area is 107 Å². The van der Waals surface area contributed by atoms with Crippen LogP contribution in [0.5, 0.6) is 0 Å². The molecular weight excluding hydrogens is 235 g/mol. The Morgan fingerprint density at radius 1 is 1.18 bits per heavy atom. The topological polar surface area (TPSA) is 27.7 Å². The minimum atomic E-state index is -0.275. The number of methoxy groups -OCH3 is 1. The van der Waals surface area contributed by atoms with Gasteiger partial charge >= 0.3 is 7.12 Å². The molecule has 5 heteroatoms. The minimum Gasteiger partial charge on any atom is -0.399 e. The van der Waals surface area contributed by atoms with Crippen molar-refractivity contribution in [1.82, 2.24) is 0 Å². The van der Waals surface area contributed by atoms with Gasteiger partial charge < -0.3 is 14.0 Å². The van der Waals surface area contributed by atoms with Crippen molar-refractivity contribution >= 4 is 23.2 Å². The predicted octanol–water partition coefficient (Wildman–Crippen LogP) is 2.19. The summed E-state index contributed by atoms with van der Waals surface area (Å²) in [6.07, 6.45) is 0. The average molecular weight is 254 g/mol. The van der Waals surface area contributed by atoms with Crippen molar-refractivity contribution in [1.29, 1.82) is 0 Å². The van der Waals surface area contributed by atoms with E-state index in [0.29, 0.717) is 6.61 Å². The highest BCUT2D eigenvalue weighted by molar-refractivity contribution is 7.22. The number of ether oxygens (including phenoxy) is 1. The lowest BCUT2D eigenvalue weighted by Gasteiger charge is -2.32. The summed E-state index contributed by atoms with van der Waals surface area (Å²) in [6, 6.07) is 4.12. The Bertz CT molecular complexity index is 384. The summed E-state index contributed by atoms with van der Waals surface area (Å²) >= 11 is 1.68. The van der Waals surface area contributed by atoms with Crippen molar-refractivity contribution < 1.29 is 14.0 Å². The number of hydrogen-bond acceptors (Lipinski definition) is 4. The van der Waals surface area contributed by atoms with Gasteiger partial charge in [-0.25, -0.2) is 0 Å². The second-order valence-corrected chi connectivity index (χ2v) is 6.53. The summed E-state index contributed by atoms with van der Waals surface area (Å²) in [5.74, 6) is 0. The summed E-state index contributed by atoms with van der Waals surface area (Å²) in [6.45, 7) is 8.91. The Hall–Kier alpha value is -0.355. The van der Waals surface area contributed by atoms with Crippen LogP contribution in [-0.4, -0.2) is 25.4 Å². The van der Waals surface area contributed by atoms with Crippen LogP contribution in [0.4, 0.5) is 0 Å². The van der Waals surface area contributed by atoms with Crippen LogP contribution in [-0.2, 0) is 20.7 Å². The first-order chi connectivity index (χ1) is 7.86. The molecule has 94 valence electrons. The highest BCUT2D eigenvalue weighted by Gasteiger charge is 2.52. The third-order valence-corrected chi connectivity index (χ3v) is 4.53. The zero-order chi connectivity index (χ0) is 12.7. The SMILES string of the molecule is COCc1ccc(B2OC(C)(C)C(C)(C)O2)s1. The van der Waals surface area contributed by atoms with Gasteiger partial charge in [0.05, 0.1) is 17.8 Å². The minimum absolute atomic E-state index is 0.254. The summed E-state index contributed by atoms with van der Waals surface area (Å²) in [5, 5.41) is 0. The Morgan fingerprint density at radius 3 is 2.29 bits per heavy atom. The number of rotatable bonds is 3. The first kappa shape index (κ1) is 13.1. The number of hydrogen-bond donors (Lipinski definition) is 0. The van der Waals surface area contributed by atoms with Crippen LogP contribution in [0.15, 0.2) is 12.1 Å². The van der Waals surface area contributed by atoms with Crippen LogP contribution in [0, 0.1) is 0 Å². The van der Waals surface area contributed by atoms with Crippen LogP contribution >= 0.6 is 11.3 Å². The molecule has 0 aromatic carbocycles. The van der Waals surface area contributed by atoms with Gasteiger partial charge in [-0.3, -0.25) is 0 Å². The smallest absolute Gasteiger partial charge is 0.399 e. The molecule has 2 heterocycles. The zero-order valence-corrected chi connectivity index (χ0v) is 11.9. The van der Waals surface area contributed by atoms with Gasteiger partial charge in [0, 0.05) is 16.8 Å². The van der Waals surface area contributed by atoms with E-state index < -0.39 is 0 Å². The molecule has 1 aliphatic heterocycles. The summed E-state index contributed by atoms with van der Waals surface area (Å²) in [7, 11) is 1.45. The van der Waals surface area contributed by atoms with E-state index in [2.05, 4.69) is 39.8 Å². The first-order valence-electron chi connectivity index (χ1n) is 5.79. The molecule has 0 N–H and O–H groups in total. The van der Waals surface area contributed by atoms with Gasteiger partial charge in [0.15, 0.2) is 0 Å². The summed E-state index contributed by atoms with van der Waals surface area (Å²) in [4.78, 5) is 1.19. The van der Waals surface area contributed by atoms with Gasteiger partial charge in [-0.1, -0.05) is 6.07 Å². The predicted molar refractivity (Wildman–Crippen MR) is 70.7 cm³/mol. The largest absolute Gasteiger partial charge is 0.505 e. The molecule has 0 unspecified atom stereocenters. The van der Waals surface area contributed by atoms with Crippen molar-refractivity contribution in [2.75, 3.05) is 7.11 Å². The third-order valence-electron chi connectivity index (χ3n) is 3.45. The second kappa shape index (κ2) is 4.39. The molecular formula is C12H19BO3S. The molecule has 0 spiro atoms. The van der Waals surface area contributed by atoms with Crippen molar-refractivity contribution in [3.8, 4) is 0 Å². The van der Waals surface area contributed by atoms with E-state index in [0.717, 1.165) is 4.78 Å². The normalized spacial score (nSPS) is 22.1. The fourth-order valence-electron chi connectivity index (χ4n) is 1.70. The zero-order valence-electron chi connectivity index (χ0n) is 11.1. The number of thiophene rings is 1. The second-order valence-electron chi connectivity index (χ2n) is 5.33. The molecule has 0 bridgehead atoms. The van der Waals surface area contributed by atoms with E-state index >= 15 is 0 Å². The molecule has 1 fully saturated rings. The molecule has 0 radical (unpaired) electrons. The molecule has 3 nitrogen and oxygen atoms in total. The quantitative estimate of drug-likeness (QED) is 0.774. The molecule has 1 aromatic rings. The van der Waals surface area contributed by atoms with Gasteiger partial charge in [0.2, 0.25) is 0 Å². The van der Waals surface area contributed by atoms with Gasteiger partial charge in [-0.15, -0.1) is 11.3 Å². The fourth-order valence-corrected chi connectivity index (χ4v) is 2.64. The lowest BCUT2D eigenvalue weighted by Crippen LogP contribution is -2.41. The molecule has 0 atom stereocenters. The van der Waals surface area contributed by atoms with Crippen LogP contribution in [0.3, 0.4) is 0 Å². The van der Waals surface area contributed by atoms with E-state index in [9.17, 15) is 0 Å². The standard InChI is InChI=1S/C12H19BO3S/c1-11(2)12(3,4)16-13(15-11)10-7-6-9(17-10)8-14-5/h6-7H,8H2,1-5H3. The van der Waals surface area contributed by atoms with E-state index in [4.69, 9.17) is 14.0 Å². The summed E-state index contributed by atoms with van der Waals surface area (Å²) in [5.41, 5.74) is -0.549. The highest BCUT2D eigenvalue weighted by atomic mass is 32.1. The van der Waals surface area contributed by atoms with E-state index in [-0.39, 0.29) is 18.3 Å². The molecule has 2 rings (SSSR count). The molecule has 1 saturated heterocycles. The van der Waals surface area contributed by atoms with Crippen LogP contribution < -0.4 is 4.78 Å². The van der Waals surface area contributed by atoms with E-state index in [1.54, 1.807) is 18.4 Å². The summed E-state index contributed by atoms with van der Waals surface area (Å²) < 4.78 is 18.2. The molecule has 1 aromatic heterocycles. The lowest BCUT2D eigenvalue weighted by molar-refractivity contribution is 0.00578. The van der Waals surface area contributed by atoms with Crippen LogP contribution in [0.2, 0.25) is 0 Å². The van der Waals surface area contributed by atoms with Crippen molar-refractivity contribution in [3.05, 3.63) is 17.0 Å². The molecule has 0 aliphatic carbocycles. The van der Waals surface area contributed by atoms with Crippen molar-refractivity contribution in [2.45, 2.75) is 45.5 Å². The van der Waals surface area contributed by atoms with Gasteiger partial charge in [-0.2, -0.15) is 0 Å². The van der Waals surface area contributed by atoms with Crippen LogP contribution in [0.25, 0.3) is 0 Å². The monoisotopic (exact) mass is 254 g/mol. The fraction of sp³-hybridized carbons (Fsp3) is 0.667. The Kier molecular flexibility index (Phi) is 3.38. The highest BCUT2D eigenvalue weighted by Crippen LogP contribution is 2.36. The molecule has 0 amide bonds. The molecule has 1 aliphatic rings. The van der Waals surface area contributed by atoms with E-state index in [1.807, 2.05) is 0 Å². The maximum Gasteiger partial charge on any atom is 0.505 e. The third kappa shape index (κ3) is 2.43. The molecule has 17 heavy (non-hydrogen) atoms. The first-order valence-corrected chi connectivity index (χ1v) is 6.60. The maximum absolute atomic E-state index is 5.99. The van der Waals surface area contributed by atoms with Gasteiger partial charge in [-0.05, 0) is 33.8 Å². The average Bonchev–Trinajstić information content (AvgIpc) is 2.71.